The molecule has 1 heterocycles. The summed E-state index contributed by atoms with van der Waals surface area (Å²) in [5, 5.41) is 0.528. The summed E-state index contributed by atoms with van der Waals surface area (Å²) in [6.45, 7) is 6.35. The Morgan fingerprint density at radius 2 is 1.54 bits per heavy atom. The molecule has 1 aromatic heterocycles. The highest BCUT2D eigenvalue weighted by atomic mass is 16.5. The second-order valence-corrected chi connectivity index (χ2v) is 7.23. The third kappa shape index (κ3) is 3.56. The van der Waals surface area contributed by atoms with Gasteiger partial charge in [-0.2, -0.15) is 0 Å². The molecule has 3 heteroatoms. The van der Waals surface area contributed by atoms with Gasteiger partial charge in [0, 0.05) is 5.56 Å². The summed E-state index contributed by atoms with van der Waals surface area (Å²) in [6.07, 6.45) is 0. The maximum atomic E-state index is 13.2. The molecule has 0 bridgehead atoms. The molecule has 4 rings (SSSR count). The molecule has 28 heavy (non-hydrogen) atoms. The van der Waals surface area contributed by atoms with E-state index in [9.17, 15) is 4.79 Å². The number of hydrogen-bond donors (Lipinski definition) is 0. The average Bonchev–Trinajstić information content (AvgIpc) is 2.67. The SMILES string of the molecule is Cc1ccc(-c2oc3cc(C)ccc3c(=O)c2OCc2cccc(C)c2)cc1. The molecule has 0 saturated heterocycles. The minimum Gasteiger partial charge on any atom is -0.481 e. The average molecular weight is 370 g/mol. The van der Waals surface area contributed by atoms with Gasteiger partial charge in [0.15, 0.2) is 5.76 Å². The number of aryl methyl sites for hydroxylation is 3. The lowest BCUT2D eigenvalue weighted by Gasteiger charge is -2.12. The highest BCUT2D eigenvalue weighted by Gasteiger charge is 2.18. The van der Waals surface area contributed by atoms with Crippen molar-refractivity contribution >= 4 is 11.0 Å². The van der Waals surface area contributed by atoms with Crippen LogP contribution >= 0.6 is 0 Å². The lowest BCUT2D eigenvalue weighted by molar-refractivity contribution is 0.298. The Balaban J connectivity index is 1.85. The van der Waals surface area contributed by atoms with E-state index in [1.807, 2.05) is 75.4 Å². The second kappa shape index (κ2) is 7.35. The molecular weight excluding hydrogens is 348 g/mol. The van der Waals surface area contributed by atoms with Crippen LogP contribution in [0.4, 0.5) is 0 Å². The Labute approximate surface area is 164 Å². The Bertz CT molecular complexity index is 1200. The predicted molar refractivity (Wildman–Crippen MR) is 113 cm³/mol. The van der Waals surface area contributed by atoms with Crippen LogP contribution < -0.4 is 10.2 Å². The molecule has 3 aromatic carbocycles. The van der Waals surface area contributed by atoms with Crippen molar-refractivity contribution in [3.63, 3.8) is 0 Å². The summed E-state index contributed by atoms with van der Waals surface area (Å²) in [7, 11) is 0. The van der Waals surface area contributed by atoms with Crippen LogP contribution in [0.2, 0.25) is 0 Å². The van der Waals surface area contributed by atoms with E-state index >= 15 is 0 Å². The molecule has 0 radical (unpaired) electrons. The maximum absolute atomic E-state index is 13.2. The molecule has 4 aromatic rings. The van der Waals surface area contributed by atoms with Gasteiger partial charge >= 0.3 is 0 Å². The van der Waals surface area contributed by atoms with Gasteiger partial charge < -0.3 is 9.15 Å². The monoisotopic (exact) mass is 370 g/mol. The molecule has 0 spiro atoms. The normalized spacial score (nSPS) is 11.0. The van der Waals surface area contributed by atoms with E-state index in [0.717, 1.165) is 27.8 Å². The summed E-state index contributed by atoms with van der Waals surface area (Å²) in [4.78, 5) is 13.2. The van der Waals surface area contributed by atoms with Crippen LogP contribution in [0.3, 0.4) is 0 Å². The smallest absolute Gasteiger partial charge is 0.235 e. The molecule has 0 aliphatic heterocycles. The molecule has 0 N–H and O–H groups in total. The van der Waals surface area contributed by atoms with E-state index in [1.165, 1.54) is 0 Å². The highest BCUT2D eigenvalue weighted by molar-refractivity contribution is 5.82. The van der Waals surface area contributed by atoms with E-state index in [2.05, 4.69) is 6.07 Å². The first-order chi connectivity index (χ1) is 13.5. The van der Waals surface area contributed by atoms with Gasteiger partial charge in [0.05, 0.1) is 5.39 Å². The van der Waals surface area contributed by atoms with Crippen molar-refractivity contribution in [1.82, 2.24) is 0 Å². The van der Waals surface area contributed by atoms with Gasteiger partial charge in [0.1, 0.15) is 12.2 Å². The lowest BCUT2D eigenvalue weighted by Crippen LogP contribution is -2.10. The zero-order chi connectivity index (χ0) is 19.7. The second-order valence-electron chi connectivity index (χ2n) is 7.23. The summed E-state index contributed by atoms with van der Waals surface area (Å²) in [5.41, 5.74) is 5.60. The molecule has 0 aliphatic carbocycles. The fraction of sp³-hybridized carbons (Fsp3) is 0.160. The van der Waals surface area contributed by atoms with E-state index in [0.29, 0.717) is 23.3 Å². The van der Waals surface area contributed by atoms with Gasteiger partial charge in [-0.05, 0) is 44.0 Å². The minimum atomic E-state index is -0.149. The molecule has 3 nitrogen and oxygen atoms in total. The molecule has 0 unspecified atom stereocenters. The molecule has 0 amide bonds. The topological polar surface area (TPSA) is 39.4 Å². The summed E-state index contributed by atoms with van der Waals surface area (Å²) in [5.74, 6) is 0.720. The first-order valence-electron chi connectivity index (χ1n) is 9.34. The van der Waals surface area contributed by atoms with Gasteiger partial charge in [-0.15, -0.1) is 0 Å². The zero-order valence-corrected chi connectivity index (χ0v) is 16.3. The van der Waals surface area contributed by atoms with E-state index in [1.54, 1.807) is 6.07 Å². The van der Waals surface area contributed by atoms with E-state index < -0.39 is 0 Å². The maximum Gasteiger partial charge on any atom is 0.235 e. The number of rotatable bonds is 4. The standard InChI is InChI=1S/C25H22O3/c1-16-7-10-20(11-8-16)24-25(27-15-19-6-4-5-17(2)13-19)23(26)21-12-9-18(3)14-22(21)28-24/h4-14H,15H2,1-3H3. The first-order valence-corrected chi connectivity index (χ1v) is 9.34. The summed E-state index contributed by atoms with van der Waals surface area (Å²) < 4.78 is 12.2. The van der Waals surface area contributed by atoms with Crippen LogP contribution in [0.1, 0.15) is 22.3 Å². The quantitative estimate of drug-likeness (QED) is 0.445. The minimum absolute atomic E-state index is 0.149. The number of benzene rings is 3. The summed E-state index contributed by atoms with van der Waals surface area (Å²) >= 11 is 0. The Morgan fingerprint density at radius 1 is 0.821 bits per heavy atom. The van der Waals surface area contributed by atoms with Crippen molar-refractivity contribution in [2.75, 3.05) is 0 Å². The Morgan fingerprint density at radius 3 is 2.29 bits per heavy atom. The Kier molecular flexibility index (Phi) is 4.74. The molecular formula is C25H22O3. The Hall–Kier alpha value is -3.33. The van der Waals surface area contributed by atoms with Crippen LogP contribution in [0.25, 0.3) is 22.3 Å². The van der Waals surface area contributed by atoms with Gasteiger partial charge in [-0.1, -0.05) is 65.7 Å². The van der Waals surface area contributed by atoms with Crippen LogP contribution in [-0.2, 0) is 6.61 Å². The number of fused-ring (bicyclic) bond motifs is 1. The van der Waals surface area contributed by atoms with Crippen LogP contribution in [-0.4, -0.2) is 0 Å². The molecule has 0 saturated carbocycles. The van der Waals surface area contributed by atoms with Crippen molar-refractivity contribution in [3.05, 3.63) is 99.2 Å². The van der Waals surface area contributed by atoms with E-state index in [4.69, 9.17) is 9.15 Å². The van der Waals surface area contributed by atoms with Crippen LogP contribution in [0.5, 0.6) is 5.75 Å². The van der Waals surface area contributed by atoms with Crippen molar-refractivity contribution < 1.29 is 9.15 Å². The fourth-order valence-corrected chi connectivity index (χ4v) is 3.27. The van der Waals surface area contributed by atoms with Gasteiger partial charge in [0.25, 0.3) is 0 Å². The van der Waals surface area contributed by atoms with Crippen LogP contribution in [0, 0.1) is 20.8 Å². The number of hydrogen-bond acceptors (Lipinski definition) is 3. The predicted octanol–water partition coefficient (Wildman–Crippen LogP) is 5.96. The van der Waals surface area contributed by atoms with Crippen LogP contribution in [0.15, 0.2) is 75.9 Å². The zero-order valence-electron chi connectivity index (χ0n) is 16.3. The van der Waals surface area contributed by atoms with E-state index in [-0.39, 0.29) is 11.2 Å². The number of ether oxygens (including phenoxy) is 1. The third-order valence-corrected chi connectivity index (χ3v) is 4.79. The largest absolute Gasteiger partial charge is 0.481 e. The van der Waals surface area contributed by atoms with Crippen molar-refractivity contribution in [2.24, 2.45) is 0 Å². The van der Waals surface area contributed by atoms with Crippen molar-refractivity contribution in [3.8, 4) is 17.1 Å². The summed E-state index contributed by atoms with van der Waals surface area (Å²) in [6, 6.07) is 21.6. The first kappa shape index (κ1) is 18.1. The molecule has 0 aliphatic rings. The molecule has 0 fully saturated rings. The van der Waals surface area contributed by atoms with Gasteiger partial charge in [-0.25, -0.2) is 0 Å². The van der Waals surface area contributed by atoms with Crippen molar-refractivity contribution in [2.45, 2.75) is 27.4 Å². The third-order valence-electron chi connectivity index (χ3n) is 4.79. The lowest BCUT2D eigenvalue weighted by atomic mass is 10.1. The molecule has 0 atom stereocenters. The van der Waals surface area contributed by atoms with Gasteiger partial charge in [0.2, 0.25) is 11.2 Å². The molecule has 140 valence electrons. The van der Waals surface area contributed by atoms with Gasteiger partial charge in [-0.3, -0.25) is 4.79 Å². The van der Waals surface area contributed by atoms with Crippen molar-refractivity contribution in [1.29, 1.82) is 0 Å². The fourth-order valence-electron chi connectivity index (χ4n) is 3.27. The highest BCUT2D eigenvalue weighted by Crippen LogP contribution is 2.32.